The van der Waals surface area contributed by atoms with Gasteiger partial charge in [0.05, 0.1) is 11.1 Å². The molecule has 9 nitrogen and oxygen atoms in total. The monoisotopic (exact) mass is 262 g/mol. The van der Waals surface area contributed by atoms with E-state index in [1.165, 1.54) is 29.5 Å². The van der Waals surface area contributed by atoms with Crippen molar-refractivity contribution in [1.29, 1.82) is 0 Å². The third-order valence-corrected chi connectivity index (χ3v) is 2.23. The SMILES string of the molecule is O=C(CCn1cc([N+](=O)[O-])cn1)Nc1cnccn1. The summed E-state index contributed by atoms with van der Waals surface area (Å²) in [5.74, 6) is 0.0950. The Balaban J connectivity index is 1.84. The second-order valence-electron chi connectivity index (χ2n) is 3.61. The molecular weight excluding hydrogens is 252 g/mol. The Kier molecular flexibility index (Phi) is 3.76. The lowest BCUT2D eigenvalue weighted by Crippen LogP contribution is -2.15. The lowest BCUT2D eigenvalue weighted by Gasteiger charge is -2.03. The standard InChI is InChI=1S/C10H10N6O3/c17-10(14-9-6-11-2-3-12-9)1-4-15-7-8(5-13-15)16(18)19/h2-3,5-7H,1,4H2,(H,12,14,17). The van der Waals surface area contributed by atoms with Gasteiger partial charge in [-0.15, -0.1) is 0 Å². The van der Waals surface area contributed by atoms with E-state index in [2.05, 4.69) is 20.4 Å². The highest BCUT2D eigenvalue weighted by atomic mass is 16.6. The fourth-order valence-electron chi connectivity index (χ4n) is 1.35. The average molecular weight is 262 g/mol. The van der Waals surface area contributed by atoms with Crippen LogP contribution < -0.4 is 5.32 Å². The number of nitro groups is 1. The van der Waals surface area contributed by atoms with Crippen molar-refractivity contribution < 1.29 is 9.72 Å². The highest BCUT2D eigenvalue weighted by Gasteiger charge is 2.10. The Bertz CT molecular complexity index is 582. The molecule has 0 aromatic carbocycles. The van der Waals surface area contributed by atoms with Crippen molar-refractivity contribution in [3.63, 3.8) is 0 Å². The number of aryl methyl sites for hydroxylation is 1. The van der Waals surface area contributed by atoms with Gasteiger partial charge in [-0.1, -0.05) is 0 Å². The molecule has 0 aliphatic carbocycles. The van der Waals surface area contributed by atoms with E-state index in [0.717, 1.165) is 6.20 Å². The maximum Gasteiger partial charge on any atom is 0.306 e. The smallest absolute Gasteiger partial charge is 0.306 e. The molecule has 0 fully saturated rings. The Morgan fingerprint density at radius 1 is 1.42 bits per heavy atom. The highest BCUT2D eigenvalue weighted by Crippen LogP contribution is 2.08. The Morgan fingerprint density at radius 2 is 2.26 bits per heavy atom. The zero-order valence-corrected chi connectivity index (χ0v) is 9.76. The number of rotatable bonds is 5. The maximum atomic E-state index is 11.6. The molecule has 19 heavy (non-hydrogen) atoms. The number of carbonyl (C=O) groups is 1. The third kappa shape index (κ3) is 3.56. The zero-order valence-electron chi connectivity index (χ0n) is 9.76. The van der Waals surface area contributed by atoms with Crippen molar-refractivity contribution >= 4 is 17.4 Å². The molecule has 0 saturated carbocycles. The van der Waals surface area contributed by atoms with Crippen LogP contribution in [0.15, 0.2) is 31.0 Å². The van der Waals surface area contributed by atoms with Crippen LogP contribution in [0.4, 0.5) is 11.5 Å². The maximum absolute atomic E-state index is 11.6. The van der Waals surface area contributed by atoms with Crippen LogP contribution in [0.1, 0.15) is 6.42 Å². The molecule has 1 amide bonds. The quantitative estimate of drug-likeness (QED) is 0.623. The predicted octanol–water partition coefficient (Wildman–Crippen LogP) is 0.610. The average Bonchev–Trinajstić information content (AvgIpc) is 2.86. The fraction of sp³-hybridized carbons (Fsp3) is 0.200. The Labute approximate surface area is 107 Å². The van der Waals surface area contributed by atoms with Crippen molar-refractivity contribution in [3.05, 3.63) is 41.1 Å². The molecule has 0 unspecified atom stereocenters. The molecule has 2 heterocycles. The number of amides is 1. The molecule has 2 aromatic rings. The van der Waals surface area contributed by atoms with Crippen LogP contribution in [0.5, 0.6) is 0 Å². The predicted molar refractivity (Wildman–Crippen MR) is 64.2 cm³/mol. The highest BCUT2D eigenvalue weighted by molar-refractivity contribution is 5.89. The third-order valence-electron chi connectivity index (χ3n) is 2.23. The van der Waals surface area contributed by atoms with Crippen LogP contribution in [0.2, 0.25) is 0 Å². The molecule has 2 rings (SSSR count). The van der Waals surface area contributed by atoms with E-state index in [4.69, 9.17) is 0 Å². The summed E-state index contributed by atoms with van der Waals surface area (Å²) < 4.78 is 1.34. The summed E-state index contributed by atoms with van der Waals surface area (Å²) in [7, 11) is 0. The van der Waals surface area contributed by atoms with Gasteiger partial charge in [-0.3, -0.25) is 24.6 Å². The number of anilines is 1. The molecule has 0 radical (unpaired) electrons. The van der Waals surface area contributed by atoms with Gasteiger partial charge in [0.25, 0.3) is 0 Å². The first-order valence-corrected chi connectivity index (χ1v) is 5.38. The second-order valence-corrected chi connectivity index (χ2v) is 3.61. The molecule has 1 N–H and O–H groups in total. The zero-order chi connectivity index (χ0) is 13.7. The number of hydrogen-bond acceptors (Lipinski definition) is 6. The largest absolute Gasteiger partial charge is 0.309 e. The van der Waals surface area contributed by atoms with Gasteiger partial charge in [0.15, 0.2) is 5.82 Å². The van der Waals surface area contributed by atoms with Gasteiger partial charge in [0.2, 0.25) is 5.91 Å². The summed E-state index contributed by atoms with van der Waals surface area (Å²) in [5, 5.41) is 16.8. The first-order chi connectivity index (χ1) is 9.15. The molecule has 0 aliphatic heterocycles. The van der Waals surface area contributed by atoms with Crippen LogP contribution in [0.3, 0.4) is 0 Å². The van der Waals surface area contributed by atoms with E-state index < -0.39 is 4.92 Å². The van der Waals surface area contributed by atoms with Crippen LogP contribution in [0, 0.1) is 10.1 Å². The van der Waals surface area contributed by atoms with Crippen LogP contribution in [-0.2, 0) is 11.3 Å². The molecule has 0 aliphatic rings. The summed E-state index contributed by atoms with van der Waals surface area (Å²) in [6, 6.07) is 0. The molecule has 2 aromatic heterocycles. The molecule has 9 heteroatoms. The van der Waals surface area contributed by atoms with E-state index in [-0.39, 0.29) is 24.6 Å². The van der Waals surface area contributed by atoms with Crippen molar-refractivity contribution in [3.8, 4) is 0 Å². The minimum Gasteiger partial charge on any atom is -0.309 e. The lowest BCUT2D eigenvalue weighted by atomic mass is 10.4. The van der Waals surface area contributed by atoms with E-state index in [0.29, 0.717) is 5.82 Å². The fourth-order valence-corrected chi connectivity index (χ4v) is 1.35. The Hall–Kier alpha value is -2.84. The molecule has 0 spiro atoms. The summed E-state index contributed by atoms with van der Waals surface area (Å²) in [4.78, 5) is 29.2. The molecule has 0 saturated heterocycles. The molecular formula is C10H10N6O3. The van der Waals surface area contributed by atoms with E-state index >= 15 is 0 Å². The van der Waals surface area contributed by atoms with Crippen molar-refractivity contribution in [2.24, 2.45) is 0 Å². The number of aromatic nitrogens is 4. The van der Waals surface area contributed by atoms with Gasteiger partial charge in [-0.05, 0) is 0 Å². The van der Waals surface area contributed by atoms with E-state index in [9.17, 15) is 14.9 Å². The lowest BCUT2D eigenvalue weighted by molar-refractivity contribution is -0.385. The van der Waals surface area contributed by atoms with Gasteiger partial charge in [-0.25, -0.2) is 4.98 Å². The first kappa shape index (κ1) is 12.6. The summed E-state index contributed by atoms with van der Waals surface area (Å²) in [6.45, 7) is 0.250. The summed E-state index contributed by atoms with van der Waals surface area (Å²) in [5.41, 5.74) is -0.102. The van der Waals surface area contributed by atoms with Gasteiger partial charge < -0.3 is 5.32 Å². The van der Waals surface area contributed by atoms with Crippen LogP contribution in [-0.4, -0.2) is 30.6 Å². The van der Waals surface area contributed by atoms with E-state index in [1.54, 1.807) is 0 Å². The molecule has 0 bridgehead atoms. The number of nitrogens with zero attached hydrogens (tertiary/aromatic N) is 5. The van der Waals surface area contributed by atoms with Crippen molar-refractivity contribution in [2.75, 3.05) is 5.32 Å². The van der Waals surface area contributed by atoms with Gasteiger partial charge in [-0.2, -0.15) is 5.10 Å². The van der Waals surface area contributed by atoms with Gasteiger partial charge in [0, 0.05) is 25.4 Å². The summed E-state index contributed by atoms with van der Waals surface area (Å²) in [6.07, 6.45) is 6.94. The normalized spacial score (nSPS) is 10.1. The second kappa shape index (κ2) is 5.67. The van der Waals surface area contributed by atoms with Gasteiger partial charge in [0.1, 0.15) is 12.4 Å². The van der Waals surface area contributed by atoms with E-state index in [1.807, 2.05) is 0 Å². The number of nitrogens with one attached hydrogen (secondary N) is 1. The number of carbonyl (C=O) groups excluding carboxylic acids is 1. The van der Waals surface area contributed by atoms with Crippen LogP contribution in [0.25, 0.3) is 0 Å². The van der Waals surface area contributed by atoms with Crippen molar-refractivity contribution in [1.82, 2.24) is 19.7 Å². The van der Waals surface area contributed by atoms with Crippen molar-refractivity contribution in [2.45, 2.75) is 13.0 Å². The molecule has 0 atom stereocenters. The summed E-state index contributed by atoms with van der Waals surface area (Å²) >= 11 is 0. The molecule has 98 valence electrons. The minimum absolute atomic E-state index is 0.102. The topological polar surface area (TPSA) is 116 Å². The van der Waals surface area contributed by atoms with Crippen LogP contribution >= 0.6 is 0 Å². The Morgan fingerprint density at radius 3 is 2.89 bits per heavy atom. The number of hydrogen-bond donors (Lipinski definition) is 1. The minimum atomic E-state index is -0.539. The van der Waals surface area contributed by atoms with Gasteiger partial charge >= 0.3 is 5.69 Å². The first-order valence-electron chi connectivity index (χ1n) is 5.38.